The Morgan fingerprint density at radius 1 is 1.18 bits per heavy atom. The molecule has 0 radical (unpaired) electrons. The highest BCUT2D eigenvalue weighted by molar-refractivity contribution is 7.80. The number of ether oxygens (including phenoxy) is 4. The second-order valence-electron chi connectivity index (χ2n) is 6.56. The second-order valence-corrected chi connectivity index (χ2v) is 7.65. The second kappa shape index (κ2) is 9.25. The Balaban J connectivity index is 2.18. The van der Waals surface area contributed by atoms with Gasteiger partial charge in [0.2, 0.25) is 0 Å². The average Bonchev–Trinajstić information content (AvgIpc) is 2.60. The number of carboxylic acid groups (broad SMARTS) is 1. The molecule has 0 aromatic rings. The molecule has 0 spiro atoms. The number of aliphatic carboxylic acids is 1. The molecule has 14 heteroatoms. The number of aliphatic hydroxyl groups is 3. The molecule has 0 bridgehead atoms. The van der Waals surface area contributed by atoms with Crippen molar-refractivity contribution in [3.8, 4) is 0 Å². The summed E-state index contributed by atoms with van der Waals surface area (Å²) < 4.78 is 55.7. The fourth-order valence-corrected chi connectivity index (χ4v) is 3.41. The first-order valence-electron chi connectivity index (χ1n) is 8.30. The minimum absolute atomic E-state index is 0.418. The summed E-state index contributed by atoms with van der Waals surface area (Å²) in [5, 5.41) is 39.5. The van der Waals surface area contributed by atoms with Crippen LogP contribution in [0.15, 0.2) is 0 Å². The monoisotopic (exact) mass is 432 g/mol. The number of rotatable bonds is 7. The van der Waals surface area contributed by atoms with Gasteiger partial charge in [-0.05, 0) is 0 Å². The third kappa shape index (κ3) is 5.35. The van der Waals surface area contributed by atoms with Crippen LogP contribution in [0.25, 0.3) is 0 Å². The van der Waals surface area contributed by atoms with Crippen LogP contribution in [0.5, 0.6) is 0 Å². The lowest BCUT2D eigenvalue weighted by Crippen LogP contribution is -2.61. The van der Waals surface area contributed by atoms with Gasteiger partial charge in [0, 0.05) is 13.0 Å². The van der Waals surface area contributed by atoms with Gasteiger partial charge in [0.05, 0.1) is 19.3 Å². The quantitative estimate of drug-likeness (QED) is 0.257. The highest BCUT2D eigenvalue weighted by Gasteiger charge is 2.49. The minimum Gasteiger partial charge on any atom is -0.479 e. The van der Waals surface area contributed by atoms with E-state index in [1.54, 1.807) is 0 Å². The molecule has 13 nitrogen and oxygen atoms in total. The van der Waals surface area contributed by atoms with E-state index in [2.05, 4.69) is 4.18 Å². The zero-order chi connectivity index (χ0) is 21.2. The molecule has 2 aliphatic rings. The first-order chi connectivity index (χ1) is 13.0. The van der Waals surface area contributed by atoms with Gasteiger partial charge < -0.3 is 39.4 Å². The van der Waals surface area contributed by atoms with Crippen molar-refractivity contribution in [1.82, 2.24) is 0 Å². The van der Waals surface area contributed by atoms with Gasteiger partial charge in [-0.15, -0.1) is 0 Å². The molecule has 0 saturated carbocycles. The zero-order valence-electron chi connectivity index (χ0n) is 15.0. The van der Waals surface area contributed by atoms with Crippen molar-refractivity contribution in [3.05, 3.63) is 0 Å². The van der Waals surface area contributed by atoms with E-state index in [-0.39, 0.29) is 0 Å². The Hall–Kier alpha value is -0.940. The SMILES string of the molecule is CO[C@@H]1C(COS(=O)(=O)O)O[C@@H](O[C@@H]2C(C(=O)O)OCC(O)[C@@H]2O)C(C)[C@H]1O. The maximum atomic E-state index is 11.4. The molecule has 0 amide bonds. The minimum atomic E-state index is -4.80. The molecule has 0 aromatic heterocycles. The molecule has 164 valence electrons. The van der Waals surface area contributed by atoms with Crippen molar-refractivity contribution in [2.24, 2.45) is 5.92 Å². The van der Waals surface area contributed by atoms with Gasteiger partial charge >= 0.3 is 16.4 Å². The summed E-state index contributed by atoms with van der Waals surface area (Å²) in [4.78, 5) is 11.4. The van der Waals surface area contributed by atoms with E-state index in [4.69, 9.17) is 23.5 Å². The Morgan fingerprint density at radius 3 is 2.36 bits per heavy atom. The van der Waals surface area contributed by atoms with Gasteiger partial charge in [-0.3, -0.25) is 4.55 Å². The first-order valence-corrected chi connectivity index (χ1v) is 9.67. The lowest BCUT2D eigenvalue weighted by Gasteiger charge is -2.45. The van der Waals surface area contributed by atoms with E-state index in [0.717, 1.165) is 0 Å². The van der Waals surface area contributed by atoms with Crippen molar-refractivity contribution in [2.45, 2.75) is 55.9 Å². The molecule has 4 unspecified atom stereocenters. The molecule has 2 fully saturated rings. The molecule has 9 atom stereocenters. The van der Waals surface area contributed by atoms with Crippen LogP contribution in [0.3, 0.4) is 0 Å². The summed E-state index contributed by atoms with van der Waals surface area (Å²) in [6.07, 6.45) is -11.0. The number of carbonyl (C=O) groups is 1. The van der Waals surface area contributed by atoms with Crippen LogP contribution in [0.2, 0.25) is 0 Å². The maximum Gasteiger partial charge on any atom is 0.397 e. The molecule has 28 heavy (non-hydrogen) atoms. The highest BCUT2D eigenvalue weighted by Crippen LogP contribution is 2.32. The van der Waals surface area contributed by atoms with Crippen molar-refractivity contribution in [2.75, 3.05) is 20.3 Å². The van der Waals surface area contributed by atoms with E-state index in [0.29, 0.717) is 0 Å². The fourth-order valence-electron chi connectivity index (χ4n) is 3.10. The molecule has 5 N–H and O–H groups in total. The Labute approximate surface area is 160 Å². The molecule has 2 aliphatic heterocycles. The van der Waals surface area contributed by atoms with Crippen LogP contribution in [0.1, 0.15) is 6.92 Å². The predicted octanol–water partition coefficient (Wildman–Crippen LogP) is -2.87. The molecular formula is C14H24O13S. The largest absolute Gasteiger partial charge is 0.479 e. The van der Waals surface area contributed by atoms with E-state index in [1.165, 1.54) is 14.0 Å². The first kappa shape index (κ1) is 23.3. The van der Waals surface area contributed by atoms with Gasteiger partial charge in [-0.1, -0.05) is 6.92 Å². The summed E-state index contributed by atoms with van der Waals surface area (Å²) in [5.41, 5.74) is 0. The number of carboxylic acids is 1. The molecule has 2 heterocycles. The maximum absolute atomic E-state index is 11.4. The van der Waals surface area contributed by atoms with E-state index >= 15 is 0 Å². The van der Waals surface area contributed by atoms with Gasteiger partial charge in [0.1, 0.15) is 30.5 Å². The molecule has 0 aliphatic carbocycles. The molecule has 2 saturated heterocycles. The summed E-state index contributed by atoms with van der Waals surface area (Å²) in [5.74, 6) is -2.26. The standard InChI is InChI=1S/C14H24O13S/c1-5-8(16)10(23-2)7(4-25-28(20,21)22)26-14(5)27-11-9(17)6(15)3-24-12(11)13(18)19/h5-12,14-17H,3-4H2,1-2H3,(H,18,19)(H,20,21,22)/t5?,6?,7?,8-,9+,10-,11+,12?,14+/m1/s1. The summed E-state index contributed by atoms with van der Waals surface area (Å²) in [7, 11) is -3.56. The average molecular weight is 432 g/mol. The van der Waals surface area contributed by atoms with Crippen molar-refractivity contribution < 1.29 is 61.3 Å². The van der Waals surface area contributed by atoms with Crippen LogP contribution in [-0.2, 0) is 38.3 Å². The Bertz CT molecular complexity index is 639. The summed E-state index contributed by atoms with van der Waals surface area (Å²) in [6, 6.07) is 0. The summed E-state index contributed by atoms with van der Waals surface area (Å²) in [6.45, 7) is 0.345. The van der Waals surface area contributed by atoms with E-state index < -0.39 is 84.5 Å². The summed E-state index contributed by atoms with van der Waals surface area (Å²) >= 11 is 0. The van der Waals surface area contributed by atoms with Crippen LogP contribution in [0, 0.1) is 5.92 Å². The van der Waals surface area contributed by atoms with Crippen LogP contribution < -0.4 is 0 Å². The van der Waals surface area contributed by atoms with Crippen molar-refractivity contribution in [3.63, 3.8) is 0 Å². The zero-order valence-corrected chi connectivity index (χ0v) is 15.8. The van der Waals surface area contributed by atoms with Gasteiger partial charge in [0.15, 0.2) is 12.4 Å². The lowest BCUT2D eigenvalue weighted by atomic mass is 9.92. The topological polar surface area (TPSA) is 199 Å². The number of hydrogen-bond donors (Lipinski definition) is 5. The highest BCUT2D eigenvalue weighted by atomic mass is 32.3. The predicted molar refractivity (Wildman–Crippen MR) is 86.4 cm³/mol. The van der Waals surface area contributed by atoms with Crippen molar-refractivity contribution >= 4 is 16.4 Å². The number of methoxy groups -OCH3 is 1. The molecule has 0 aromatic carbocycles. The fraction of sp³-hybridized carbons (Fsp3) is 0.929. The lowest BCUT2D eigenvalue weighted by molar-refractivity contribution is -0.322. The smallest absolute Gasteiger partial charge is 0.397 e. The molecular weight excluding hydrogens is 408 g/mol. The third-order valence-corrected chi connectivity index (χ3v) is 5.08. The van der Waals surface area contributed by atoms with Crippen LogP contribution in [0.4, 0.5) is 0 Å². The van der Waals surface area contributed by atoms with E-state index in [1.807, 2.05) is 0 Å². The van der Waals surface area contributed by atoms with Crippen LogP contribution in [-0.4, -0.2) is 109 Å². The van der Waals surface area contributed by atoms with Gasteiger partial charge in [0.25, 0.3) is 0 Å². The third-order valence-electron chi connectivity index (χ3n) is 4.64. The van der Waals surface area contributed by atoms with Gasteiger partial charge in [-0.2, -0.15) is 8.42 Å². The Morgan fingerprint density at radius 2 is 1.82 bits per heavy atom. The number of aliphatic hydroxyl groups excluding tert-OH is 3. The number of hydrogen-bond acceptors (Lipinski definition) is 11. The van der Waals surface area contributed by atoms with Crippen molar-refractivity contribution in [1.29, 1.82) is 0 Å². The normalized spacial score (nSPS) is 42.3. The van der Waals surface area contributed by atoms with E-state index in [9.17, 15) is 33.6 Å². The van der Waals surface area contributed by atoms with Gasteiger partial charge in [-0.25, -0.2) is 8.98 Å². The van der Waals surface area contributed by atoms with Crippen LogP contribution >= 0.6 is 0 Å². The molecule has 2 rings (SSSR count). The Kier molecular flexibility index (Phi) is 7.71.